The number of rotatable bonds is 17. The molecule has 0 N–H and O–H groups in total. The standard InChI is InChI=1S/C28H55NO2/c1-7-8-9-10-11-12-13-14-15-16-17-18-19-20-21-22-26(30)29-27(2,3)23-25(31-6)24-28(29,4)5/h25H,7-24H2,1-6H3. The predicted molar refractivity (Wildman–Crippen MR) is 135 cm³/mol. The number of methoxy groups -OCH3 is 1. The highest BCUT2D eigenvalue weighted by Gasteiger charge is 2.47. The van der Waals surface area contributed by atoms with Crippen molar-refractivity contribution in [3.05, 3.63) is 0 Å². The summed E-state index contributed by atoms with van der Waals surface area (Å²) in [4.78, 5) is 15.2. The van der Waals surface area contributed by atoms with Crippen molar-refractivity contribution in [1.82, 2.24) is 4.90 Å². The van der Waals surface area contributed by atoms with E-state index in [0.717, 1.165) is 19.3 Å². The molecule has 1 heterocycles. The van der Waals surface area contributed by atoms with Crippen LogP contribution in [0.2, 0.25) is 0 Å². The molecule has 184 valence electrons. The molecule has 3 nitrogen and oxygen atoms in total. The van der Waals surface area contributed by atoms with E-state index in [1.165, 1.54) is 89.9 Å². The van der Waals surface area contributed by atoms with Gasteiger partial charge in [-0.25, -0.2) is 0 Å². The monoisotopic (exact) mass is 437 g/mol. The minimum absolute atomic E-state index is 0.130. The van der Waals surface area contributed by atoms with E-state index in [-0.39, 0.29) is 17.2 Å². The lowest BCUT2D eigenvalue weighted by Gasteiger charge is -2.55. The lowest BCUT2D eigenvalue weighted by molar-refractivity contribution is -0.156. The summed E-state index contributed by atoms with van der Waals surface area (Å²) in [5.74, 6) is 0.333. The first-order valence-electron chi connectivity index (χ1n) is 13.6. The second kappa shape index (κ2) is 15.3. The van der Waals surface area contributed by atoms with Gasteiger partial charge in [-0.05, 0) is 47.0 Å². The third kappa shape index (κ3) is 11.2. The van der Waals surface area contributed by atoms with Gasteiger partial charge < -0.3 is 9.64 Å². The SMILES string of the molecule is CCCCCCCCCCCCCCCCCC(=O)N1C(C)(C)CC(OC)CC1(C)C. The van der Waals surface area contributed by atoms with Crippen LogP contribution in [0.4, 0.5) is 0 Å². The van der Waals surface area contributed by atoms with Gasteiger partial charge in [0.2, 0.25) is 5.91 Å². The van der Waals surface area contributed by atoms with Crippen LogP contribution in [0.1, 0.15) is 150 Å². The van der Waals surface area contributed by atoms with Crippen molar-refractivity contribution >= 4 is 5.91 Å². The Labute approximate surface area is 195 Å². The number of unbranched alkanes of at least 4 members (excludes halogenated alkanes) is 14. The van der Waals surface area contributed by atoms with Crippen LogP contribution in [0.25, 0.3) is 0 Å². The minimum atomic E-state index is -0.130. The second-order valence-electron chi connectivity index (χ2n) is 11.3. The van der Waals surface area contributed by atoms with Crippen molar-refractivity contribution in [2.24, 2.45) is 0 Å². The normalized spacial score (nSPS) is 18.5. The topological polar surface area (TPSA) is 29.5 Å². The molecule has 0 bridgehead atoms. The maximum Gasteiger partial charge on any atom is 0.223 e. The molecule has 1 aliphatic rings. The third-order valence-electron chi connectivity index (χ3n) is 7.24. The number of hydrogen-bond donors (Lipinski definition) is 0. The summed E-state index contributed by atoms with van der Waals surface area (Å²) >= 11 is 0. The van der Waals surface area contributed by atoms with Crippen LogP contribution < -0.4 is 0 Å². The molecule has 0 aromatic carbocycles. The van der Waals surface area contributed by atoms with Crippen LogP contribution in [0.15, 0.2) is 0 Å². The molecule has 3 heteroatoms. The highest BCUT2D eigenvalue weighted by atomic mass is 16.5. The number of amides is 1. The summed E-state index contributed by atoms with van der Waals surface area (Å²) in [7, 11) is 1.80. The van der Waals surface area contributed by atoms with Crippen LogP contribution >= 0.6 is 0 Å². The van der Waals surface area contributed by atoms with Crippen molar-refractivity contribution in [2.45, 2.75) is 167 Å². The number of piperidine rings is 1. The fourth-order valence-electron chi connectivity index (χ4n) is 5.79. The van der Waals surface area contributed by atoms with Crippen molar-refractivity contribution < 1.29 is 9.53 Å². The zero-order valence-corrected chi connectivity index (χ0v) is 22.1. The Hall–Kier alpha value is -0.570. The van der Waals surface area contributed by atoms with E-state index < -0.39 is 0 Å². The van der Waals surface area contributed by atoms with Gasteiger partial charge in [-0.1, -0.05) is 96.8 Å². The molecule has 0 atom stereocenters. The quantitative estimate of drug-likeness (QED) is 0.214. The summed E-state index contributed by atoms with van der Waals surface area (Å²) in [5.41, 5.74) is -0.260. The maximum atomic E-state index is 13.0. The van der Waals surface area contributed by atoms with E-state index >= 15 is 0 Å². The molecule has 0 spiro atoms. The van der Waals surface area contributed by atoms with Crippen LogP contribution in [0, 0.1) is 0 Å². The largest absolute Gasteiger partial charge is 0.381 e. The molecule has 0 unspecified atom stereocenters. The zero-order chi connectivity index (χ0) is 23.2. The summed E-state index contributed by atoms with van der Waals surface area (Å²) in [6.45, 7) is 11.1. The van der Waals surface area contributed by atoms with Crippen molar-refractivity contribution in [1.29, 1.82) is 0 Å². The average Bonchev–Trinajstić information content (AvgIpc) is 2.68. The van der Waals surface area contributed by atoms with Crippen LogP contribution in [-0.2, 0) is 9.53 Å². The molecule has 0 aliphatic carbocycles. The van der Waals surface area contributed by atoms with Gasteiger partial charge in [0.05, 0.1) is 6.10 Å². The summed E-state index contributed by atoms with van der Waals surface area (Å²) in [5, 5.41) is 0. The van der Waals surface area contributed by atoms with E-state index in [2.05, 4.69) is 39.5 Å². The summed E-state index contributed by atoms with van der Waals surface area (Å²) in [6.07, 6.45) is 23.2. The zero-order valence-electron chi connectivity index (χ0n) is 22.1. The molecule has 0 radical (unpaired) electrons. The van der Waals surface area contributed by atoms with Crippen LogP contribution in [0.3, 0.4) is 0 Å². The fraction of sp³-hybridized carbons (Fsp3) is 0.964. The molecule has 0 aromatic rings. The van der Waals surface area contributed by atoms with Gasteiger partial charge in [-0.2, -0.15) is 0 Å². The minimum Gasteiger partial charge on any atom is -0.381 e. The Morgan fingerprint density at radius 1 is 0.710 bits per heavy atom. The highest BCUT2D eigenvalue weighted by molar-refractivity contribution is 5.78. The maximum absolute atomic E-state index is 13.0. The lowest BCUT2D eigenvalue weighted by Crippen LogP contribution is -2.64. The molecule has 1 amide bonds. The average molecular weight is 438 g/mol. The molecule has 1 saturated heterocycles. The highest BCUT2D eigenvalue weighted by Crippen LogP contribution is 2.40. The van der Waals surface area contributed by atoms with E-state index in [1.54, 1.807) is 7.11 Å². The molecule has 1 rings (SSSR count). The van der Waals surface area contributed by atoms with E-state index in [4.69, 9.17) is 4.74 Å². The Kier molecular flexibility index (Phi) is 14.0. The van der Waals surface area contributed by atoms with Gasteiger partial charge >= 0.3 is 0 Å². The first-order chi connectivity index (χ1) is 14.7. The van der Waals surface area contributed by atoms with Gasteiger partial charge in [0.15, 0.2) is 0 Å². The Balaban J connectivity index is 2.06. The number of likely N-dealkylation sites (tertiary alicyclic amines) is 1. The van der Waals surface area contributed by atoms with Gasteiger partial charge in [0.1, 0.15) is 0 Å². The van der Waals surface area contributed by atoms with E-state index in [1.807, 2.05) is 0 Å². The smallest absolute Gasteiger partial charge is 0.223 e. The fourth-order valence-corrected chi connectivity index (χ4v) is 5.79. The number of ether oxygens (including phenoxy) is 1. The van der Waals surface area contributed by atoms with Crippen LogP contribution in [-0.4, -0.2) is 35.1 Å². The Bertz CT molecular complexity index is 454. The number of carbonyl (C=O) groups excluding carboxylic acids is 1. The van der Waals surface area contributed by atoms with Crippen molar-refractivity contribution in [3.8, 4) is 0 Å². The third-order valence-corrected chi connectivity index (χ3v) is 7.24. The van der Waals surface area contributed by atoms with Gasteiger partial charge in [0, 0.05) is 24.6 Å². The number of carbonyl (C=O) groups is 1. The second-order valence-corrected chi connectivity index (χ2v) is 11.3. The molecule has 31 heavy (non-hydrogen) atoms. The summed E-state index contributed by atoms with van der Waals surface area (Å²) in [6, 6.07) is 0. The predicted octanol–water partition coefficient (Wildman–Crippen LogP) is 8.44. The molecular formula is C28H55NO2. The number of nitrogens with zero attached hydrogens (tertiary/aromatic N) is 1. The molecule has 1 aliphatic heterocycles. The Morgan fingerprint density at radius 2 is 1.06 bits per heavy atom. The lowest BCUT2D eigenvalue weighted by atomic mass is 9.77. The Morgan fingerprint density at radius 3 is 1.42 bits per heavy atom. The van der Waals surface area contributed by atoms with E-state index in [0.29, 0.717) is 12.3 Å². The first-order valence-corrected chi connectivity index (χ1v) is 13.6. The van der Waals surface area contributed by atoms with Gasteiger partial charge in [-0.3, -0.25) is 4.79 Å². The molecule has 0 saturated carbocycles. The van der Waals surface area contributed by atoms with Crippen molar-refractivity contribution in [2.75, 3.05) is 7.11 Å². The number of hydrogen-bond acceptors (Lipinski definition) is 2. The first kappa shape index (κ1) is 28.5. The van der Waals surface area contributed by atoms with Crippen molar-refractivity contribution in [3.63, 3.8) is 0 Å². The molecule has 0 aromatic heterocycles. The van der Waals surface area contributed by atoms with Gasteiger partial charge in [0.25, 0.3) is 0 Å². The van der Waals surface area contributed by atoms with Crippen LogP contribution in [0.5, 0.6) is 0 Å². The molecular weight excluding hydrogens is 382 g/mol. The van der Waals surface area contributed by atoms with E-state index in [9.17, 15) is 4.79 Å². The molecule has 1 fully saturated rings. The summed E-state index contributed by atoms with van der Waals surface area (Å²) < 4.78 is 5.64. The van der Waals surface area contributed by atoms with Gasteiger partial charge in [-0.15, -0.1) is 0 Å².